The molecule has 2 rings (SSSR count). The van der Waals surface area contributed by atoms with Crippen LogP contribution in [-0.4, -0.2) is 4.98 Å². The van der Waals surface area contributed by atoms with Crippen molar-refractivity contribution < 1.29 is 0 Å². The first-order valence-electron chi connectivity index (χ1n) is 3.96. The van der Waals surface area contributed by atoms with E-state index < -0.39 is 0 Å². The van der Waals surface area contributed by atoms with Crippen LogP contribution in [0.5, 0.6) is 0 Å². The van der Waals surface area contributed by atoms with Crippen LogP contribution >= 0.6 is 27.3 Å². The maximum atomic E-state index is 5.53. The number of fused-ring (bicyclic) bond motifs is 1. The van der Waals surface area contributed by atoms with Gasteiger partial charge in [-0.25, -0.2) is 4.98 Å². The zero-order valence-electron chi connectivity index (χ0n) is 7.17. The lowest BCUT2D eigenvalue weighted by Gasteiger charge is -1.94. The summed E-state index contributed by atoms with van der Waals surface area (Å²) in [5.74, 6) is 0. The Kier molecular flexibility index (Phi) is 2.36. The van der Waals surface area contributed by atoms with Gasteiger partial charge >= 0.3 is 0 Å². The molecule has 1 aromatic carbocycles. The second kappa shape index (κ2) is 3.36. The molecular formula is C9H9BrN2S. The third kappa shape index (κ3) is 1.61. The quantitative estimate of drug-likeness (QED) is 0.853. The van der Waals surface area contributed by atoms with E-state index >= 15 is 0 Å². The summed E-state index contributed by atoms with van der Waals surface area (Å²) in [7, 11) is 0. The Bertz CT molecular complexity index is 450. The van der Waals surface area contributed by atoms with E-state index in [4.69, 9.17) is 5.73 Å². The molecule has 0 unspecified atom stereocenters. The van der Waals surface area contributed by atoms with Crippen LogP contribution in [0.3, 0.4) is 0 Å². The predicted molar refractivity (Wildman–Crippen MR) is 59.9 cm³/mol. The van der Waals surface area contributed by atoms with Gasteiger partial charge in [-0.05, 0) is 40.5 Å². The minimum Gasteiger partial charge on any atom is -0.325 e. The number of thiazole rings is 1. The average Bonchev–Trinajstić information content (AvgIpc) is 2.47. The van der Waals surface area contributed by atoms with E-state index in [2.05, 4.69) is 40.0 Å². The summed E-state index contributed by atoms with van der Waals surface area (Å²) in [6.07, 6.45) is 0. The molecule has 4 heteroatoms. The Balaban J connectivity index is 2.75. The molecule has 0 saturated heterocycles. The first-order valence-corrected chi connectivity index (χ1v) is 5.57. The molecule has 2 nitrogen and oxygen atoms in total. The van der Waals surface area contributed by atoms with Crippen LogP contribution in [0.15, 0.2) is 16.6 Å². The Hall–Kier alpha value is -0.450. The van der Waals surface area contributed by atoms with Crippen LogP contribution in [0, 0.1) is 6.92 Å². The van der Waals surface area contributed by atoms with Gasteiger partial charge in [-0.15, -0.1) is 11.3 Å². The van der Waals surface area contributed by atoms with E-state index in [1.807, 2.05) is 0 Å². The average molecular weight is 257 g/mol. The van der Waals surface area contributed by atoms with Gasteiger partial charge < -0.3 is 5.73 Å². The Labute approximate surface area is 88.9 Å². The molecule has 0 aliphatic heterocycles. The highest BCUT2D eigenvalue weighted by molar-refractivity contribution is 9.10. The van der Waals surface area contributed by atoms with Crippen molar-refractivity contribution in [1.29, 1.82) is 0 Å². The normalized spacial score (nSPS) is 11.0. The van der Waals surface area contributed by atoms with Gasteiger partial charge in [0.05, 0.1) is 10.2 Å². The van der Waals surface area contributed by atoms with Gasteiger partial charge in [0, 0.05) is 11.0 Å². The number of benzene rings is 1. The second-order valence-electron chi connectivity index (χ2n) is 2.91. The van der Waals surface area contributed by atoms with E-state index in [0.29, 0.717) is 6.54 Å². The summed E-state index contributed by atoms with van der Waals surface area (Å²) in [5.41, 5.74) is 7.80. The molecule has 0 aliphatic rings. The maximum absolute atomic E-state index is 5.53. The van der Waals surface area contributed by atoms with Crippen molar-refractivity contribution in [3.05, 3.63) is 27.2 Å². The molecule has 0 atom stereocenters. The van der Waals surface area contributed by atoms with Crippen molar-refractivity contribution >= 4 is 37.5 Å². The largest absolute Gasteiger partial charge is 0.325 e. The fourth-order valence-electron chi connectivity index (χ4n) is 1.25. The Morgan fingerprint density at radius 2 is 2.31 bits per heavy atom. The van der Waals surface area contributed by atoms with Gasteiger partial charge in [-0.2, -0.15) is 0 Å². The monoisotopic (exact) mass is 256 g/mol. The van der Waals surface area contributed by atoms with Crippen LogP contribution in [0.1, 0.15) is 10.6 Å². The minimum atomic E-state index is 0.519. The molecule has 68 valence electrons. The molecule has 1 aromatic heterocycles. The molecule has 1 heterocycles. The summed E-state index contributed by atoms with van der Waals surface area (Å²) < 4.78 is 2.26. The Morgan fingerprint density at radius 1 is 1.54 bits per heavy atom. The first kappa shape index (κ1) is 9.12. The SMILES string of the molecule is Cc1cc(Br)c2nc(CN)sc2c1. The molecular weight excluding hydrogens is 248 g/mol. The standard InChI is InChI=1S/C9H9BrN2S/c1-5-2-6(10)9-7(3-5)13-8(4-11)12-9/h2-3H,4,11H2,1H3. The lowest BCUT2D eigenvalue weighted by Crippen LogP contribution is -1.93. The van der Waals surface area contributed by atoms with Crippen molar-refractivity contribution in [2.45, 2.75) is 13.5 Å². The molecule has 0 amide bonds. The fourth-order valence-corrected chi connectivity index (χ4v) is 3.02. The molecule has 0 fully saturated rings. The van der Waals surface area contributed by atoms with Crippen molar-refractivity contribution in [2.24, 2.45) is 5.73 Å². The highest BCUT2D eigenvalue weighted by Gasteiger charge is 2.06. The number of aryl methyl sites for hydroxylation is 1. The molecule has 0 spiro atoms. The Morgan fingerprint density at radius 3 is 3.00 bits per heavy atom. The molecule has 2 aromatic rings. The number of nitrogens with two attached hydrogens (primary N) is 1. The van der Waals surface area contributed by atoms with Crippen LogP contribution < -0.4 is 5.73 Å². The van der Waals surface area contributed by atoms with Gasteiger partial charge in [0.25, 0.3) is 0 Å². The van der Waals surface area contributed by atoms with Gasteiger partial charge in [0.1, 0.15) is 5.01 Å². The number of halogens is 1. The summed E-state index contributed by atoms with van der Waals surface area (Å²) in [5, 5.41) is 0.987. The van der Waals surface area contributed by atoms with Crippen molar-refractivity contribution in [3.63, 3.8) is 0 Å². The number of hydrogen-bond donors (Lipinski definition) is 1. The zero-order valence-corrected chi connectivity index (χ0v) is 9.58. The minimum absolute atomic E-state index is 0.519. The van der Waals surface area contributed by atoms with Gasteiger partial charge in [-0.3, -0.25) is 0 Å². The van der Waals surface area contributed by atoms with Crippen molar-refractivity contribution in [3.8, 4) is 0 Å². The predicted octanol–water partition coefficient (Wildman–Crippen LogP) is 2.83. The van der Waals surface area contributed by atoms with Crippen LogP contribution in [-0.2, 0) is 6.54 Å². The highest BCUT2D eigenvalue weighted by Crippen LogP contribution is 2.29. The summed E-state index contributed by atoms with van der Waals surface area (Å²) in [4.78, 5) is 4.42. The highest BCUT2D eigenvalue weighted by atomic mass is 79.9. The number of nitrogens with zero attached hydrogens (tertiary/aromatic N) is 1. The molecule has 0 aliphatic carbocycles. The lowest BCUT2D eigenvalue weighted by atomic mass is 10.2. The number of rotatable bonds is 1. The topological polar surface area (TPSA) is 38.9 Å². The summed E-state index contributed by atoms with van der Waals surface area (Å²) >= 11 is 5.15. The van der Waals surface area contributed by atoms with Crippen LogP contribution in [0.2, 0.25) is 0 Å². The van der Waals surface area contributed by atoms with E-state index in [1.165, 1.54) is 10.3 Å². The van der Waals surface area contributed by atoms with Crippen LogP contribution in [0.25, 0.3) is 10.2 Å². The fraction of sp³-hybridized carbons (Fsp3) is 0.222. The first-order chi connectivity index (χ1) is 6.20. The van der Waals surface area contributed by atoms with E-state index in [-0.39, 0.29) is 0 Å². The zero-order chi connectivity index (χ0) is 9.42. The molecule has 2 N–H and O–H groups in total. The number of hydrogen-bond acceptors (Lipinski definition) is 3. The summed E-state index contributed by atoms with van der Waals surface area (Å²) in [6.45, 7) is 2.59. The van der Waals surface area contributed by atoms with Gasteiger partial charge in [-0.1, -0.05) is 0 Å². The van der Waals surface area contributed by atoms with Crippen molar-refractivity contribution in [1.82, 2.24) is 4.98 Å². The lowest BCUT2D eigenvalue weighted by molar-refractivity contribution is 1.05. The molecule has 0 radical (unpaired) electrons. The third-order valence-electron chi connectivity index (χ3n) is 1.81. The van der Waals surface area contributed by atoms with Crippen molar-refractivity contribution in [2.75, 3.05) is 0 Å². The third-order valence-corrected chi connectivity index (χ3v) is 3.44. The molecule has 13 heavy (non-hydrogen) atoms. The van der Waals surface area contributed by atoms with E-state index in [1.54, 1.807) is 11.3 Å². The summed E-state index contributed by atoms with van der Waals surface area (Å²) in [6, 6.07) is 4.21. The number of aromatic nitrogens is 1. The maximum Gasteiger partial charge on any atom is 0.107 e. The van der Waals surface area contributed by atoms with Gasteiger partial charge in [0.15, 0.2) is 0 Å². The van der Waals surface area contributed by atoms with E-state index in [0.717, 1.165) is 15.0 Å². The smallest absolute Gasteiger partial charge is 0.107 e. The van der Waals surface area contributed by atoms with E-state index in [9.17, 15) is 0 Å². The van der Waals surface area contributed by atoms with Crippen LogP contribution in [0.4, 0.5) is 0 Å². The molecule has 0 saturated carbocycles. The van der Waals surface area contributed by atoms with Gasteiger partial charge in [0.2, 0.25) is 0 Å². The second-order valence-corrected chi connectivity index (χ2v) is 4.87. The molecule has 0 bridgehead atoms.